The smallest absolute Gasteiger partial charge is 0.224 e. The molecule has 0 unspecified atom stereocenters. The Morgan fingerprint density at radius 1 is 1.22 bits per heavy atom. The van der Waals surface area contributed by atoms with Gasteiger partial charge in [0, 0.05) is 17.1 Å². The molecule has 2 aromatic carbocycles. The van der Waals surface area contributed by atoms with Gasteiger partial charge in [-0.15, -0.1) is 0 Å². The molecule has 0 atom stereocenters. The van der Waals surface area contributed by atoms with E-state index in [2.05, 4.69) is 41.2 Å². The summed E-state index contributed by atoms with van der Waals surface area (Å²) in [6, 6.07) is 8.04. The van der Waals surface area contributed by atoms with Gasteiger partial charge in [-0.3, -0.25) is 4.79 Å². The van der Waals surface area contributed by atoms with Crippen LogP contribution in [0, 0.1) is 20.8 Å². The highest BCUT2D eigenvalue weighted by Gasteiger charge is 2.13. The molecule has 146 valence electrons. The van der Waals surface area contributed by atoms with E-state index in [4.69, 9.17) is 16.3 Å². The van der Waals surface area contributed by atoms with Crippen molar-refractivity contribution in [2.75, 3.05) is 11.9 Å². The molecule has 0 saturated carbocycles. The third-order valence-corrected chi connectivity index (χ3v) is 6.13. The zero-order valence-corrected chi connectivity index (χ0v) is 18.9. The minimum atomic E-state index is 0.0114. The SMILES string of the molecule is Cc1cc(OCCCC(=O)Nc2c(C)cccc2C(C)C)c(Br)c(C)c1Cl. The molecule has 3 nitrogen and oxygen atoms in total. The van der Waals surface area contributed by atoms with Crippen LogP contribution >= 0.6 is 27.5 Å². The van der Waals surface area contributed by atoms with Gasteiger partial charge in [0.15, 0.2) is 0 Å². The van der Waals surface area contributed by atoms with Crippen LogP contribution in [-0.2, 0) is 4.79 Å². The lowest BCUT2D eigenvalue weighted by atomic mass is 9.98. The van der Waals surface area contributed by atoms with Crippen molar-refractivity contribution in [3.63, 3.8) is 0 Å². The van der Waals surface area contributed by atoms with E-state index in [9.17, 15) is 4.79 Å². The summed E-state index contributed by atoms with van der Waals surface area (Å²) in [6.45, 7) is 10.7. The Labute approximate surface area is 175 Å². The van der Waals surface area contributed by atoms with Gasteiger partial charge in [0.05, 0.1) is 11.1 Å². The fourth-order valence-corrected chi connectivity index (χ4v) is 3.65. The lowest BCUT2D eigenvalue weighted by molar-refractivity contribution is -0.116. The van der Waals surface area contributed by atoms with Crippen LogP contribution in [0.15, 0.2) is 28.7 Å². The molecule has 0 fully saturated rings. The zero-order chi connectivity index (χ0) is 20.1. The second-order valence-electron chi connectivity index (χ2n) is 7.14. The number of benzene rings is 2. The quantitative estimate of drug-likeness (QED) is 0.462. The summed E-state index contributed by atoms with van der Waals surface area (Å²) in [6.07, 6.45) is 1.05. The highest BCUT2D eigenvalue weighted by Crippen LogP contribution is 2.35. The highest BCUT2D eigenvalue weighted by molar-refractivity contribution is 9.10. The Hall–Kier alpha value is -1.52. The average Bonchev–Trinajstić information content (AvgIpc) is 2.62. The first-order chi connectivity index (χ1) is 12.7. The Kier molecular flexibility index (Phi) is 7.75. The molecular weight excluding hydrogens is 426 g/mol. The van der Waals surface area contributed by atoms with Crippen molar-refractivity contribution in [2.45, 2.75) is 53.4 Å². The summed E-state index contributed by atoms with van der Waals surface area (Å²) < 4.78 is 6.72. The fourth-order valence-electron chi connectivity index (χ4n) is 2.96. The molecule has 2 aromatic rings. The molecule has 0 aliphatic rings. The molecule has 27 heavy (non-hydrogen) atoms. The van der Waals surface area contributed by atoms with E-state index in [1.807, 2.05) is 39.0 Å². The normalized spacial score (nSPS) is 11.0. The average molecular weight is 453 g/mol. The van der Waals surface area contributed by atoms with E-state index in [0.29, 0.717) is 25.4 Å². The number of hydrogen-bond acceptors (Lipinski definition) is 2. The molecule has 0 bridgehead atoms. The first kappa shape index (κ1) is 21.8. The maximum absolute atomic E-state index is 12.4. The van der Waals surface area contributed by atoms with E-state index in [0.717, 1.165) is 43.2 Å². The number of halogens is 2. The van der Waals surface area contributed by atoms with Gasteiger partial charge >= 0.3 is 0 Å². The lowest BCUT2D eigenvalue weighted by Gasteiger charge is -2.16. The summed E-state index contributed by atoms with van der Waals surface area (Å²) in [4.78, 5) is 12.4. The maximum atomic E-state index is 12.4. The first-order valence-corrected chi connectivity index (χ1v) is 10.4. The molecule has 5 heteroatoms. The number of rotatable bonds is 7. The summed E-state index contributed by atoms with van der Waals surface area (Å²) in [5.41, 5.74) is 5.12. The Balaban J connectivity index is 1.91. The monoisotopic (exact) mass is 451 g/mol. The van der Waals surface area contributed by atoms with Crippen molar-refractivity contribution in [3.05, 3.63) is 56.0 Å². The predicted octanol–water partition coefficient (Wildman–Crippen LogP) is 6.95. The number of nitrogens with one attached hydrogen (secondary N) is 1. The largest absolute Gasteiger partial charge is 0.492 e. The topological polar surface area (TPSA) is 38.3 Å². The third-order valence-electron chi connectivity index (χ3n) is 4.57. The molecule has 1 N–H and O–H groups in total. The molecule has 0 aliphatic heterocycles. The van der Waals surface area contributed by atoms with Gasteiger partial charge in [-0.2, -0.15) is 0 Å². The van der Waals surface area contributed by atoms with Crippen molar-refractivity contribution in [1.29, 1.82) is 0 Å². The number of carbonyl (C=O) groups excluding carboxylic acids is 1. The van der Waals surface area contributed by atoms with Crippen LogP contribution in [0.25, 0.3) is 0 Å². The van der Waals surface area contributed by atoms with E-state index in [1.165, 1.54) is 0 Å². The Morgan fingerprint density at radius 2 is 1.93 bits per heavy atom. The molecule has 0 aliphatic carbocycles. The van der Waals surface area contributed by atoms with Crippen molar-refractivity contribution in [1.82, 2.24) is 0 Å². The summed E-state index contributed by atoms with van der Waals surface area (Å²) in [5, 5.41) is 3.82. The minimum absolute atomic E-state index is 0.0114. The van der Waals surface area contributed by atoms with E-state index in [-0.39, 0.29) is 5.91 Å². The molecule has 1 amide bonds. The van der Waals surface area contributed by atoms with Gasteiger partial charge in [-0.1, -0.05) is 43.6 Å². The first-order valence-electron chi connectivity index (χ1n) is 9.19. The standard InChI is InChI=1S/C22H27BrClNO2/c1-13(2)17-9-6-8-14(3)22(17)25-19(26)10-7-11-27-18-12-15(4)21(24)16(5)20(18)23/h6,8-9,12-13H,7,10-11H2,1-5H3,(H,25,26). The van der Waals surface area contributed by atoms with E-state index < -0.39 is 0 Å². The van der Waals surface area contributed by atoms with Crippen LogP contribution in [0.4, 0.5) is 5.69 Å². The minimum Gasteiger partial charge on any atom is -0.492 e. The number of para-hydroxylation sites is 1. The number of carbonyl (C=O) groups is 1. The second kappa shape index (κ2) is 9.61. The van der Waals surface area contributed by atoms with Crippen LogP contribution in [-0.4, -0.2) is 12.5 Å². The highest BCUT2D eigenvalue weighted by atomic mass is 79.9. The second-order valence-corrected chi connectivity index (χ2v) is 8.31. The Morgan fingerprint density at radius 3 is 2.59 bits per heavy atom. The van der Waals surface area contributed by atoms with Crippen LogP contribution in [0.1, 0.15) is 54.9 Å². The molecule has 0 saturated heterocycles. The van der Waals surface area contributed by atoms with Gasteiger partial charge < -0.3 is 10.1 Å². The fraction of sp³-hybridized carbons (Fsp3) is 0.409. The summed E-state index contributed by atoms with van der Waals surface area (Å²) >= 11 is 9.78. The van der Waals surface area contributed by atoms with Crippen molar-refractivity contribution in [2.24, 2.45) is 0 Å². The zero-order valence-electron chi connectivity index (χ0n) is 16.6. The molecule has 2 rings (SSSR count). The van der Waals surface area contributed by atoms with Gasteiger partial charge in [0.1, 0.15) is 5.75 Å². The van der Waals surface area contributed by atoms with E-state index in [1.54, 1.807) is 0 Å². The lowest BCUT2D eigenvalue weighted by Crippen LogP contribution is -2.15. The molecule has 0 spiro atoms. The summed E-state index contributed by atoms with van der Waals surface area (Å²) in [5.74, 6) is 1.13. The van der Waals surface area contributed by atoms with Gasteiger partial charge in [0.2, 0.25) is 5.91 Å². The number of anilines is 1. The number of aryl methyl sites for hydroxylation is 2. The Bertz CT molecular complexity index is 834. The van der Waals surface area contributed by atoms with Crippen LogP contribution < -0.4 is 10.1 Å². The maximum Gasteiger partial charge on any atom is 0.224 e. The van der Waals surface area contributed by atoms with Gasteiger partial charge in [-0.25, -0.2) is 0 Å². The molecule has 0 heterocycles. The van der Waals surface area contributed by atoms with Gasteiger partial charge in [0.25, 0.3) is 0 Å². The molecule has 0 radical (unpaired) electrons. The molecular formula is C22H27BrClNO2. The van der Waals surface area contributed by atoms with Crippen LogP contribution in [0.3, 0.4) is 0 Å². The molecule has 0 aromatic heterocycles. The number of amides is 1. The van der Waals surface area contributed by atoms with Crippen LogP contribution in [0.2, 0.25) is 5.02 Å². The van der Waals surface area contributed by atoms with Crippen LogP contribution in [0.5, 0.6) is 5.75 Å². The number of ether oxygens (including phenoxy) is 1. The number of hydrogen-bond donors (Lipinski definition) is 1. The van der Waals surface area contributed by atoms with Gasteiger partial charge in [-0.05, 0) is 77.4 Å². The predicted molar refractivity (Wildman–Crippen MR) is 117 cm³/mol. The third kappa shape index (κ3) is 5.49. The van der Waals surface area contributed by atoms with Crippen molar-refractivity contribution < 1.29 is 9.53 Å². The summed E-state index contributed by atoms with van der Waals surface area (Å²) in [7, 11) is 0. The van der Waals surface area contributed by atoms with E-state index >= 15 is 0 Å². The van der Waals surface area contributed by atoms with Crippen molar-refractivity contribution >= 4 is 39.1 Å². The van der Waals surface area contributed by atoms with Crippen molar-refractivity contribution in [3.8, 4) is 5.75 Å².